The van der Waals surface area contributed by atoms with E-state index in [4.69, 9.17) is 5.11 Å². The van der Waals surface area contributed by atoms with Crippen molar-refractivity contribution in [1.82, 2.24) is 19.9 Å². The SMILES string of the molecule is O=C(NCCO)c1cnn2ccc(N3CC(F)(F)C[C@@H]3c3cccc(F)c3)nc12. The number of anilines is 1. The van der Waals surface area contributed by atoms with Crippen LogP contribution in [0.3, 0.4) is 0 Å². The number of halogens is 3. The first-order valence-corrected chi connectivity index (χ1v) is 9.01. The highest BCUT2D eigenvalue weighted by molar-refractivity contribution is 5.99. The maximum atomic E-state index is 14.2. The summed E-state index contributed by atoms with van der Waals surface area (Å²) in [7, 11) is 0. The lowest BCUT2D eigenvalue weighted by molar-refractivity contribution is 0.0222. The van der Waals surface area contributed by atoms with Gasteiger partial charge in [-0.2, -0.15) is 5.10 Å². The maximum Gasteiger partial charge on any atom is 0.267 e. The second-order valence-corrected chi connectivity index (χ2v) is 6.85. The zero-order chi connectivity index (χ0) is 20.6. The monoisotopic (exact) mass is 405 g/mol. The van der Waals surface area contributed by atoms with Gasteiger partial charge < -0.3 is 15.3 Å². The lowest BCUT2D eigenvalue weighted by Crippen LogP contribution is -2.28. The number of hydrogen-bond acceptors (Lipinski definition) is 5. The van der Waals surface area contributed by atoms with Crippen molar-refractivity contribution in [2.45, 2.75) is 18.4 Å². The summed E-state index contributed by atoms with van der Waals surface area (Å²) in [5, 5.41) is 15.4. The molecule has 2 N–H and O–H groups in total. The van der Waals surface area contributed by atoms with Gasteiger partial charge in [-0.05, 0) is 23.8 Å². The average molecular weight is 405 g/mol. The summed E-state index contributed by atoms with van der Waals surface area (Å²) >= 11 is 0. The molecule has 1 aliphatic rings. The van der Waals surface area contributed by atoms with Gasteiger partial charge in [-0.1, -0.05) is 12.1 Å². The number of alkyl halides is 2. The van der Waals surface area contributed by atoms with Crippen LogP contribution in [-0.4, -0.2) is 51.2 Å². The van der Waals surface area contributed by atoms with Gasteiger partial charge in [0.25, 0.3) is 11.8 Å². The smallest absolute Gasteiger partial charge is 0.267 e. The fourth-order valence-corrected chi connectivity index (χ4v) is 3.51. The van der Waals surface area contributed by atoms with Gasteiger partial charge in [0.1, 0.15) is 17.2 Å². The number of benzene rings is 1. The lowest BCUT2D eigenvalue weighted by atomic mass is 10.0. The predicted octanol–water partition coefficient (Wildman–Crippen LogP) is 2.18. The van der Waals surface area contributed by atoms with Crippen molar-refractivity contribution in [2.24, 2.45) is 0 Å². The third-order valence-electron chi connectivity index (χ3n) is 4.79. The summed E-state index contributed by atoms with van der Waals surface area (Å²) in [6.45, 7) is -0.727. The zero-order valence-electron chi connectivity index (χ0n) is 15.2. The van der Waals surface area contributed by atoms with E-state index >= 15 is 0 Å². The Hall–Kier alpha value is -3.14. The molecule has 0 spiro atoms. The van der Waals surface area contributed by atoms with Crippen LogP contribution < -0.4 is 10.2 Å². The highest BCUT2D eigenvalue weighted by Gasteiger charge is 2.46. The van der Waals surface area contributed by atoms with E-state index in [1.807, 2.05) is 0 Å². The summed E-state index contributed by atoms with van der Waals surface area (Å²) in [5.74, 6) is -3.71. The molecule has 1 atom stereocenters. The second kappa shape index (κ2) is 7.36. The van der Waals surface area contributed by atoms with E-state index in [9.17, 15) is 18.0 Å². The minimum atomic E-state index is -2.97. The van der Waals surface area contributed by atoms with Crippen LogP contribution >= 0.6 is 0 Å². The number of hydrogen-bond donors (Lipinski definition) is 2. The molecular formula is C19H18F3N5O2. The molecule has 0 aliphatic carbocycles. The summed E-state index contributed by atoms with van der Waals surface area (Å²) in [5.41, 5.74) is 0.790. The van der Waals surface area contributed by atoms with E-state index in [2.05, 4.69) is 15.4 Å². The van der Waals surface area contributed by atoms with E-state index in [1.165, 1.54) is 46.1 Å². The van der Waals surface area contributed by atoms with Gasteiger partial charge in [-0.15, -0.1) is 0 Å². The van der Waals surface area contributed by atoms with Gasteiger partial charge >= 0.3 is 0 Å². The zero-order valence-corrected chi connectivity index (χ0v) is 15.2. The van der Waals surface area contributed by atoms with Gasteiger partial charge in [0, 0.05) is 19.2 Å². The molecule has 7 nitrogen and oxygen atoms in total. The van der Waals surface area contributed by atoms with Gasteiger partial charge in [0.15, 0.2) is 5.65 Å². The number of carbonyl (C=O) groups is 1. The molecule has 0 bridgehead atoms. The van der Waals surface area contributed by atoms with Crippen molar-refractivity contribution in [3.63, 3.8) is 0 Å². The fourth-order valence-electron chi connectivity index (χ4n) is 3.51. The largest absolute Gasteiger partial charge is 0.395 e. The standard InChI is InChI=1S/C19H18F3N5O2/c20-13-3-1-2-12(8-13)15-9-19(21,22)11-26(15)16-4-6-27-17(25-16)14(10-24-27)18(29)23-5-7-28/h1-4,6,8,10,15,28H,5,7,9,11H2,(H,23,29)/t15-/m1/s1. The van der Waals surface area contributed by atoms with E-state index in [1.54, 1.807) is 6.07 Å². The van der Waals surface area contributed by atoms with Gasteiger partial charge in [0.05, 0.1) is 25.4 Å². The van der Waals surface area contributed by atoms with Crippen LogP contribution in [0.25, 0.3) is 5.65 Å². The van der Waals surface area contributed by atoms with Crippen molar-refractivity contribution < 1.29 is 23.1 Å². The Labute approximate surface area is 163 Å². The highest BCUT2D eigenvalue weighted by Crippen LogP contribution is 2.43. The molecule has 152 valence electrons. The quantitative estimate of drug-likeness (QED) is 0.680. The van der Waals surface area contributed by atoms with Gasteiger partial charge in [-0.3, -0.25) is 4.79 Å². The molecule has 3 aromatic rings. The second-order valence-electron chi connectivity index (χ2n) is 6.85. The van der Waals surface area contributed by atoms with Crippen LogP contribution in [-0.2, 0) is 0 Å². The van der Waals surface area contributed by atoms with Crippen LogP contribution in [0, 0.1) is 5.82 Å². The Morgan fingerprint density at radius 1 is 1.34 bits per heavy atom. The number of amides is 1. The number of fused-ring (bicyclic) bond motifs is 1. The Morgan fingerprint density at radius 2 is 2.17 bits per heavy atom. The average Bonchev–Trinajstić information content (AvgIpc) is 3.26. The van der Waals surface area contributed by atoms with Crippen LogP contribution in [0.1, 0.15) is 28.4 Å². The Morgan fingerprint density at radius 3 is 2.93 bits per heavy atom. The molecule has 10 heteroatoms. The first kappa shape index (κ1) is 19.2. The minimum absolute atomic E-state index is 0.0653. The molecule has 0 radical (unpaired) electrons. The number of nitrogens with one attached hydrogen (secondary N) is 1. The topological polar surface area (TPSA) is 82.8 Å². The number of rotatable bonds is 5. The molecule has 1 fully saturated rings. The van der Waals surface area contributed by atoms with Crippen molar-refractivity contribution in [1.29, 1.82) is 0 Å². The number of aromatic nitrogens is 3. The fraction of sp³-hybridized carbons (Fsp3) is 0.316. The molecule has 0 saturated carbocycles. The first-order chi connectivity index (χ1) is 13.9. The van der Waals surface area contributed by atoms with Gasteiger partial charge in [-0.25, -0.2) is 22.7 Å². The van der Waals surface area contributed by atoms with Crippen LogP contribution in [0.15, 0.2) is 42.7 Å². The molecular weight excluding hydrogens is 387 g/mol. The molecule has 0 unspecified atom stereocenters. The minimum Gasteiger partial charge on any atom is -0.395 e. The Bertz CT molecular complexity index is 1060. The summed E-state index contributed by atoms with van der Waals surface area (Å²) in [6, 6.07) is 6.36. The lowest BCUT2D eigenvalue weighted by Gasteiger charge is -2.25. The van der Waals surface area contributed by atoms with E-state index < -0.39 is 36.7 Å². The van der Waals surface area contributed by atoms with E-state index in [0.29, 0.717) is 5.56 Å². The van der Waals surface area contributed by atoms with Crippen LogP contribution in [0.4, 0.5) is 19.0 Å². The summed E-state index contributed by atoms with van der Waals surface area (Å²) < 4.78 is 43.5. The normalized spacial score (nSPS) is 18.3. The molecule has 1 aromatic carbocycles. The maximum absolute atomic E-state index is 14.2. The first-order valence-electron chi connectivity index (χ1n) is 9.01. The Balaban J connectivity index is 1.73. The molecule has 1 saturated heterocycles. The molecule has 1 amide bonds. The van der Waals surface area contributed by atoms with Crippen LogP contribution in [0.2, 0.25) is 0 Å². The van der Waals surface area contributed by atoms with E-state index in [0.717, 1.165) is 0 Å². The molecule has 29 heavy (non-hydrogen) atoms. The summed E-state index contributed by atoms with van der Waals surface area (Å²) in [6.07, 6.45) is 2.38. The van der Waals surface area contributed by atoms with Crippen molar-refractivity contribution in [3.8, 4) is 0 Å². The predicted molar refractivity (Wildman–Crippen MR) is 98.5 cm³/mol. The third kappa shape index (κ3) is 3.75. The Kier molecular flexibility index (Phi) is 4.87. The van der Waals surface area contributed by atoms with Crippen molar-refractivity contribution >= 4 is 17.4 Å². The van der Waals surface area contributed by atoms with Gasteiger partial charge in [0.2, 0.25) is 0 Å². The number of aliphatic hydroxyl groups is 1. The molecule has 1 aliphatic heterocycles. The molecule has 2 aromatic heterocycles. The highest BCUT2D eigenvalue weighted by atomic mass is 19.3. The molecule has 4 rings (SSSR count). The third-order valence-corrected chi connectivity index (χ3v) is 4.79. The summed E-state index contributed by atoms with van der Waals surface area (Å²) in [4.78, 5) is 18.0. The molecule has 3 heterocycles. The van der Waals surface area contributed by atoms with E-state index in [-0.39, 0.29) is 30.2 Å². The van der Waals surface area contributed by atoms with Crippen LogP contribution in [0.5, 0.6) is 0 Å². The van der Waals surface area contributed by atoms with Crippen molar-refractivity contribution in [2.75, 3.05) is 24.6 Å². The number of aliphatic hydroxyl groups excluding tert-OH is 1. The van der Waals surface area contributed by atoms with Crippen molar-refractivity contribution in [3.05, 3.63) is 59.7 Å². The number of carbonyl (C=O) groups excluding carboxylic acids is 1. The number of nitrogens with zero attached hydrogens (tertiary/aromatic N) is 4.